The van der Waals surface area contributed by atoms with Gasteiger partial charge in [-0.25, -0.2) is 59.5 Å². The lowest BCUT2D eigenvalue weighted by molar-refractivity contribution is -0.141. The third-order valence-corrected chi connectivity index (χ3v) is 24.9. The van der Waals surface area contributed by atoms with E-state index in [0.29, 0.717) is 98.4 Å². The summed E-state index contributed by atoms with van der Waals surface area (Å²) in [6.07, 6.45) is 3.24. The van der Waals surface area contributed by atoms with Crippen LogP contribution in [0.1, 0.15) is 199 Å². The lowest BCUT2D eigenvalue weighted by Gasteiger charge is -2.25. The van der Waals surface area contributed by atoms with Crippen molar-refractivity contribution in [2.45, 2.75) is 169 Å². The molecule has 0 spiro atoms. The largest absolute Gasteiger partial charge is 0.480 e. The number of rotatable bonds is 21. The number of alkyl halides is 9. The number of nitrogens with zero attached hydrogens (tertiary/aromatic N) is 24. The van der Waals surface area contributed by atoms with Gasteiger partial charge in [-0.15, -0.1) is 5.10 Å². The number of imidazole rings is 3. The van der Waals surface area contributed by atoms with Crippen LogP contribution in [-0.2, 0) is 97.6 Å². The molecule has 736 valence electrons. The van der Waals surface area contributed by atoms with Crippen LogP contribution >= 0.6 is 0 Å². The highest BCUT2D eigenvalue weighted by atomic mass is 19.4. The quantitative estimate of drug-likeness (QED) is 0.0603. The van der Waals surface area contributed by atoms with E-state index in [9.17, 15) is 58.7 Å². The monoisotopic (exact) mass is 1960 g/mol. The predicted octanol–water partition coefficient (Wildman–Crippen LogP) is 20.9. The van der Waals surface area contributed by atoms with Crippen molar-refractivity contribution in [1.82, 2.24) is 98.2 Å². The zero-order valence-corrected chi connectivity index (χ0v) is 80.7. The van der Waals surface area contributed by atoms with Crippen molar-refractivity contribution in [3.63, 3.8) is 0 Å². The van der Waals surface area contributed by atoms with Crippen LogP contribution < -0.4 is 24.3 Å². The molecule has 0 bridgehead atoms. The van der Waals surface area contributed by atoms with Crippen LogP contribution in [0.4, 0.5) is 62.8 Å². The Labute approximate surface area is 826 Å². The second-order valence-electron chi connectivity index (χ2n) is 36.4. The van der Waals surface area contributed by atoms with Crippen molar-refractivity contribution >= 4 is 46.9 Å². The standard InChI is InChI=1S/2C27H25F3N6O.C26H23F3N6O.C26H26N6O2/c2*1-15(2)23-20(6-5-11-31-23)24-32-13-19-12-22(37)36(26(19)34-24)16(3)17-7-9-18(10-8-17)25-33-21(14-35(25)4)27(28,29)30;1-15(2)22-19(5-4-10-30-22)23-31-12-18-11-21(36)35(25(18)33-23)13-16-6-8-17(9-7-16)24-32-20(14-34(24)3)26(27,28)29;1-16(2)24-21(6-5-11-27-24)25-28-14-19-13-23(33)31(26(19)29-25)15-18-7-9-20(10-8-18)32-17(3)12-22(30-32)34-4/h2*5-11,13-16H,12H2,1-4H3;4-10,12,14-15H,11,13H2,1-3H3;5-12,14,16H,13,15H2,1-4H3/t2*16-;;/m10../s1/i;;3D3;. The van der Waals surface area contributed by atoms with Crippen molar-refractivity contribution < 1.29 is 67.5 Å². The highest BCUT2D eigenvalue weighted by Crippen LogP contribution is 2.44. The SMILES string of the molecule is CC(C)c1ncccc1-c1ncc2c(n1)N([C@@H](C)c1ccc(-c3nc(C(F)(F)F)cn3C)cc1)C(=O)C2.CC(C)c1ncccc1-c1ncc2c(n1)N([C@H](C)c1ccc(-c3nc(C(F)(F)F)cn3C)cc1)C(=O)C2.COc1cc(C)n(-c2ccc(CN3C(=O)Cc4cnc(-c5cccnc5C(C)C)nc43)cc2)n1.[2H]C([2H])([2H])n1cc(C(F)(F)F)nc1-c1ccc(CN2C(=O)Cc3cnc(-c4cccnc4C(C)C)nc32)cc1. The molecule has 4 aliphatic heterocycles. The lowest BCUT2D eigenvalue weighted by Crippen LogP contribution is -2.30. The predicted molar refractivity (Wildman–Crippen MR) is 522 cm³/mol. The Bertz CT molecular complexity index is 7430. The van der Waals surface area contributed by atoms with Gasteiger partial charge in [-0.05, 0) is 127 Å². The summed E-state index contributed by atoms with van der Waals surface area (Å²) in [5, 5.41) is 4.44. The molecule has 29 nitrogen and oxygen atoms in total. The summed E-state index contributed by atoms with van der Waals surface area (Å²) in [7, 11) is 4.66. The topological polar surface area (TPSA) is 316 Å². The number of aromatic nitrogens is 20. The fraction of sp³-hybridized carbons (Fsp3) is 0.283. The van der Waals surface area contributed by atoms with Crippen LogP contribution in [0.2, 0.25) is 0 Å². The average Bonchev–Trinajstić information content (AvgIpc) is 1.64. The summed E-state index contributed by atoms with van der Waals surface area (Å²) >= 11 is 0. The highest BCUT2D eigenvalue weighted by Gasteiger charge is 2.41. The maximum Gasteiger partial charge on any atom is 0.434 e. The Kier molecular flexibility index (Phi) is 26.7. The normalized spacial score (nSPS) is 14.2. The number of carbonyl (C=O) groups is 4. The zero-order chi connectivity index (χ0) is 105. The minimum atomic E-state index is -4.79. The lowest BCUT2D eigenvalue weighted by atomic mass is 10.0. The van der Waals surface area contributed by atoms with Crippen molar-refractivity contribution in [1.29, 1.82) is 0 Å². The molecule has 16 aromatic rings. The maximum atomic E-state index is 13.2. The van der Waals surface area contributed by atoms with Crippen LogP contribution in [0.25, 0.3) is 85.4 Å². The third-order valence-electron chi connectivity index (χ3n) is 24.9. The number of aryl methyl sites for hydroxylation is 4. The molecule has 0 aliphatic carbocycles. The van der Waals surface area contributed by atoms with Gasteiger partial charge in [0.15, 0.2) is 40.4 Å². The molecule has 0 N–H and O–H groups in total. The first-order valence-electron chi connectivity index (χ1n) is 47.7. The summed E-state index contributed by atoms with van der Waals surface area (Å²) in [6.45, 7) is 20.0. The van der Waals surface area contributed by atoms with E-state index in [2.05, 4.69) is 101 Å². The van der Waals surface area contributed by atoms with Crippen LogP contribution in [0.15, 0.2) is 220 Å². The van der Waals surface area contributed by atoms with Gasteiger partial charge in [0.2, 0.25) is 29.5 Å². The summed E-state index contributed by atoms with van der Waals surface area (Å²) < 4.78 is 151. The summed E-state index contributed by atoms with van der Waals surface area (Å²) in [5.74, 6) is 5.42. The van der Waals surface area contributed by atoms with Crippen LogP contribution in [0, 0.1) is 6.92 Å². The van der Waals surface area contributed by atoms with Gasteiger partial charge in [-0.3, -0.25) is 58.7 Å². The third kappa shape index (κ3) is 20.6. The molecule has 4 aromatic carbocycles. The molecule has 0 unspecified atom stereocenters. The van der Waals surface area contributed by atoms with E-state index in [0.717, 1.165) is 102 Å². The molecule has 0 saturated carbocycles. The fourth-order valence-electron chi connectivity index (χ4n) is 17.6. The first kappa shape index (κ1) is 95.2. The molecule has 0 saturated heterocycles. The molecule has 0 radical (unpaired) electrons. The van der Waals surface area contributed by atoms with Gasteiger partial charge in [0.25, 0.3) is 0 Å². The van der Waals surface area contributed by atoms with E-state index in [4.69, 9.17) is 28.8 Å². The van der Waals surface area contributed by atoms with Gasteiger partial charge >= 0.3 is 18.5 Å². The number of hydrogen-bond donors (Lipinski definition) is 0. The second kappa shape index (κ2) is 40.4. The fourth-order valence-corrected chi connectivity index (χ4v) is 17.6. The van der Waals surface area contributed by atoms with E-state index in [1.54, 1.807) is 138 Å². The second-order valence-corrected chi connectivity index (χ2v) is 36.4. The molecule has 12 aromatic heterocycles. The van der Waals surface area contributed by atoms with Gasteiger partial charge in [0.1, 0.15) is 40.7 Å². The number of carbonyl (C=O) groups excluding carboxylic acids is 4. The number of benzene rings is 4. The smallest absolute Gasteiger partial charge is 0.434 e. The Morgan fingerprint density at radius 3 is 0.979 bits per heavy atom. The van der Waals surface area contributed by atoms with E-state index in [-0.39, 0.29) is 108 Å². The minimum Gasteiger partial charge on any atom is -0.480 e. The molecule has 38 heteroatoms. The Morgan fingerprint density at radius 1 is 0.375 bits per heavy atom. The van der Waals surface area contributed by atoms with Crippen LogP contribution in [0.5, 0.6) is 5.88 Å². The zero-order valence-electron chi connectivity index (χ0n) is 83.7. The van der Waals surface area contributed by atoms with Crippen molar-refractivity contribution in [3.05, 3.63) is 310 Å². The summed E-state index contributed by atoms with van der Waals surface area (Å²) in [5.41, 5.74) is 13.3. The minimum absolute atomic E-state index is 0.0217. The summed E-state index contributed by atoms with van der Waals surface area (Å²) in [4.78, 5) is 124. The molecule has 20 rings (SSSR count). The number of ether oxygens (including phenoxy) is 1. The van der Waals surface area contributed by atoms with Crippen molar-refractivity contribution in [2.24, 2.45) is 21.1 Å². The van der Waals surface area contributed by atoms with Crippen LogP contribution in [0.3, 0.4) is 0 Å². The van der Waals surface area contributed by atoms with Gasteiger partial charge in [-0.2, -0.15) is 39.5 Å². The summed E-state index contributed by atoms with van der Waals surface area (Å²) in [6, 6.07) is 44.5. The number of hydrogen-bond acceptors (Lipinski definition) is 21. The van der Waals surface area contributed by atoms with Crippen LogP contribution in [-0.4, -0.2) is 129 Å². The first-order valence-corrected chi connectivity index (χ1v) is 46.2. The van der Waals surface area contributed by atoms with Crippen molar-refractivity contribution in [2.75, 3.05) is 26.7 Å². The Morgan fingerprint density at radius 2 is 0.674 bits per heavy atom. The molecule has 4 aliphatic rings. The van der Waals surface area contributed by atoms with E-state index >= 15 is 0 Å². The molecule has 16 heterocycles. The molecule has 144 heavy (non-hydrogen) atoms. The van der Waals surface area contributed by atoms with E-state index < -0.39 is 42.6 Å². The molecule has 0 fully saturated rings. The van der Waals surface area contributed by atoms with E-state index in [1.807, 2.05) is 112 Å². The van der Waals surface area contributed by atoms with Gasteiger partial charge in [0, 0.05) is 166 Å². The number of amides is 4. The average molecular weight is 1960 g/mol. The number of pyridine rings is 4. The number of fused-ring (bicyclic) bond motifs is 4. The molecule has 4 amide bonds. The number of methoxy groups -OCH3 is 1. The van der Waals surface area contributed by atoms with Gasteiger partial charge < -0.3 is 18.4 Å². The molecule has 2 atom stereocenters. The molecular weight excluding hydrogens is 1860 g/mol. The van der Waals surface area contributed by atoms with Crippen molar-refractivity contribution in [3.8, 4) is 91.3 Å². The molecular formula is C106H99F9N24O5. The maximum absolute atomic E-state index is 13.2. The van der Waals surface area contributed by atoms with E-state index in [1.165, 1.54) is 40.3 Å². The highest BCUT2D eigenvalue weighted by molar-refractivity contribution is 6.03. The Balaban J connectivity index is 0.000000134. The number of anilines is 4. The van der Waals surface area contributed by atoms with Gasteiger partial charge in [0.05, 0.1) is 86.4 Å². The van der Waals surface area contributed by atoms with Gasteiger partial charge in [-0.1, -0.05) is 140 Å². The first-order chi connectivity index (χ1) is 69.8. The number of halogens is 9. The Hall–Kier alpha value is -16.3.